The van der Waals surface area contributed by atoms with Crippen molar-refractivity contribution in [1.29, 1.82) is 5.26 Å². The van der Waals surface area contributed by atoms with E-state index in [1.54, 1.807) is 18.5 Å². The number of thiophene rings is 1. The molecule has 19 heavy (non-hydrogen) atoms. The van der Waals surface area contributed by atoms with E-state index >= 15 is 0 Å². The van der Waals surface area contributed by atoms with E-state index in [0.29, 0.717) is 18.1 Å². The van der Waals surface area contributed by atoms with Crippen LogP contribution in [0.2, 0.25) is 5.02 Å². The molecule has 1 atom stereocenters. The molecule has 1 unspecified atom stereocenters. The molecule has 2 heterocycles. The fourth-order valence-corrected chi connectivity index (χ4v) is 2.62. The summed E-state index contributed by atoms with van der Waals surface area (Å²) in [6.45, 7) is 2.37. The van der Waals surface area contributed by atoms with Crippen LogP contribution in [-0.2, 0) is 5.41 Å². The van der Waals surface area contributed by atoms with E-state index in [2.05, 4.69) is 11.1 Å². The molecular weight excluding hydrogens is 280 g/mol. The lowest BCUT2D eigenvalue weighted by molar-refractivity contribution is 0.292. The molecule has 98 valence electrons. The number of rotatable bonds is 5. The Hall–Kier alpha value is -1.57. The van der Waals surface area contributed by atoms with Crippen LogP contribution in [-0.4, -0.2) is 11.6 Å². The van der Waals surface area contributed by atoms with Gasteiger partial charge in [-0.2, -0.15) is 5.26 Å². The molecule has 0 fully saturated rings. The maximum atomic E-state index is 9.39. The number of nitrogens with zero attached hydrogens (tertiary/aromatic N) is 2. The van der Waals surface area contributed by atoms with Crippen LogP contribution in [0.15, 0.2) is 36.0 Å². The second-order valence-electron chi connectivity index (χ2n) is 4.37. The first-order chi connectivity index (χ1) is 9.14. The highest BCUT2D eigenvalue weighted by atomic mass is 35.5. The summed E-state index contributed by atoms with van der Waals surface area (Å²) in [5.74, 6) is 0. The summed E-state index contributed by atoms with van der Waals surface area (Å²) >= 11 is 7.28. The van der Waals surface area contributed by atoms with Gasteiger partial charge in [0.1, 0.15) is 0 Å². The van der Waals surface area contributed by atoms with Gasteiger partial charge in [-0.15, -0.1) is 11.3 Å². The van der Waals surface area contributed by atoms with Crippen molar-refractivity contribution in [1.82, 2.24) is 4.98 Å². The first kappa shape index (κ1) is 13.9. The summed E-state index contributed by atoms with van der Waals surface area (Å²) in [7, 11) is 0. The molecule has 0 radical (unpaired) electrons. The Balaban J connectivity index is 1.98. The van der Waals surface area contributed by atoms with Crippen LogP contribution in [0.4, 0.5) is 0 Å². The molecule has 0 aliphatic heterocycles. The van der Waals surface area contributed by atoms with E-state index in [0.717, 1.165) is 10.6 Å². The third-order valence-corrected chi connectivity index (χ3v) is 4.12. The maximum Gasteiger partial charge on any atom is 0.175 e. The van der Waals surface area contributed by atoms with Gasteiger partial charge in [-0.25, -0.2) is 0 Å². The van der Waals surface area contributed by atoms with Gasteiger partial charge in [0.15, 0.2) is 5.06 Å². The largest absolute Gasteiger partial charge is 0.484 e. The van der Waals surface area contributed by atoms with Gasteiger partial charge in [0.2, 0.25) is 0 Å². The van der Waals surface area contributed by atoms with Crippen LogP contribution in [0, 0.1) is 11.3 Å². The molecule has 2 aromatic rings. The van der Waals surface area contributed by atoms with Gasteiger partial charge in [0.05, 0.1) is 23.1 Å². The molecule has 0 bridgehead atoms. The van der Waals surface area contributed by atoms with Crippen molar-refractivity contribution in [2.45, 2.75) is 18.8 Å². The monoisotopic (exact) mass is 292 g/mol. The molecule has 5 heteroatoms. The van der Waals surface area contributed by atoms with E-state index in [4.69, 9.17) is 16.3 Å². The minimum Gasteiger partial charge on any atom is -0.484 e. The lowest BCUT2D eigenvalue weighted by Crippen LogP contribution is -2.22. The van der Waals surface area contributed by atoms with Crippen LogP contribution in [0.5, 0.6) is 5.06 Å². The average molecular weight is 293 g/mol. The summed E-state index contributed by atoms with van der Waals surface area (Å²) in [5.41, 5.74) is 0.320. The lowest BCUT2D eigenvalue weighted by atomic mass is 9.82. The predicted molar refractivity (Wildman–Crippen MR) is 76.6 cm³/mol. The lowest BCUT2D eigenvalue weighted by Gasteiger charge is -2.21. The number of pyridine rings is 1. The zero-order valence-corrected chi connectivity index (χ0v) is 12.0. The second-order valence-corrected chi connectivity index (χ2v) is 5.68. The van der Waals surface area contributed by atoms with Gasteiger partial charge in [0, 0.05) is 30.3 Å². The molecule has 0 aliphatic carbocycles. The molecule has 2 aromatic heterocycles. The third kappa shape index (κ3) is 3.46. The van der Waals surface area contributed by atoms with E-state index in [1.165, 1.54) is 11.3 Å². The van der Waals surface area contributed by atoms with Crippen LogP contribution in [0.3, 0.4) is 0 Å². The topological polar surface area (TPSA) is 45.9 Å². The summed E-state index contributed by atoms with van der Waals surface area (Å²) in [6.07, 6.45) is 4.03. The Morgan fingerprint density at radius 3 is 3.00 bits per heavy atom. The number of aromatic nitrogens is 1. The van der Waals surface area contributed by atoms with Crippen molar-refractivity contribution in [3.05, 3.63) is 46.6 Å². The predicted octanol–water partition coefficient (Wildman–Crippen LogP) is 4.05. The number of hydrogen-bond donors (Lipinski definition) is 0. The summed E-state index contributed by atoms with van der Waals surface area (Å²) in [4.78, 5) is 4.06. The minimum atomic E-state index is -0.588. The van der Waals surface area contributed by atoms with E-state index in [9.17, 15) is 5.26 Å². The first-order valence-electron chi connectivity index (χ1n) is 5.83. The van der Waals surface area contributed by atoms with Crippen molar-refractivity contribution in [2.75, 3.05) is 6.61 Å². The average Bonchev–Trinajstić information content (AvgIpc) is 2.85. The molecule has 0 aromatic carbocycles. The Morgan fingerprint density at radius 2 is 2.42 bits per heavy atom. The molecule has 0 aliphatic rings. The Morgan fingerprint density at radius 1 is 1.58 bits per heavy atom. The van der Waals surface area contributed by atoms with Crippen molar-refractivity contribution >= 4 is 22.9 Å². The maximum absolute atomic E-state index is 9.39. The van der Waals surface area contributed by atoms with E-state index < -0.39 is 5.41 Å². The smallest absolute Gasteiger partial charge is 0.175 e. The Bertz CT molecular complexity index is 579. The molecule has 0 amide bonds. The van der Waals surface area contributed by atoms with Crippen LogP contribution >= 0.6 is 22.9 Å². The first-order valence-corrected chi connectivity index (χ1v) is 7.08. The van der Waals surface area contributed by atoms with Gasteiger partial charge in [-0.1, -0.05) is 17.7 Å². The quantitative estimate of drug-likeness (QED) is 0.835. The van der Waals surface area contributed by atoms with Crippen LogP contribution in [0.1, 0.15) is 18.9 Å². The Kier molecular flexibility index (Phi) is 4.41. The van der Waals surface area contributed by atoms with Gasteiger partial charge in [-0.3, -0.25) is 4.98 Å². The van der Waals surface area contributed by atoms with Gasteiger partial charge in [0.25, 0.3) is 0 Å². The van der Waals surface area contributed by atoms with Crippen LogP contribution in [0.25, 0.3) is 0 Å². The van der Waals surface area contributed by atoms with Crippen molar-refractivity contribution in [2.24, 2.45) is 0 Å². The van der Waals surface area contributed by atoms with E-state index in [1.807, 2.05) is 24.4 Å². The molecule has 0 saturated carbocycles. The highest BCUT2D eigenvalue weighted by Gasteiger charge is 2.26. The van der Waals surface area contributed by atoms with Gasteiger partial charge < -0.3 is 4.74 Å². The number of ether oxygens (including phenoxy) is 1. The highest BCUT2D eigenvalue weighted by Crippen LogP contribution is 2.29. The van der Waals surface area contributed by atoms with Gasteiger partial charge in [-0.05, 0) is 18.6 Å². The van der Waals surface area contributed by atoms with Crippen molar-refractivity contribution < 1.29 is 4.74 Å². The normalized spacial score (nSPS) is 13.5. The van der Waals surface area contributed by atoms with Crippen LogP contribution < -0.4 is 4.74 Å². The molecule has 0 N–H and O–H groups in total. The third-order valence-electron chi connectivity index (χ3n) is 2.94. The zero-order valence-electron chi connectivity index (χ0n) is 10.5. The fourth-order valence-electron chi connectivity index (χ4n) is 1.68. The fraction of sp³-hybridized carbons (Fsp3) is 0.286. The molecule has 0 saturated heterocycles. The second kappa shape index (κ2) is 6.05. The molecule has 3 nitrogen and oxygen atoms in total. The van der Waals surface area contributed by atoms with E-state index in [-0.39, 0.29) is 0 Å². The standard InChI is InChI=1S/C14H13ClN2OS/c1-14(10-16,11-3-2-5-17-8-11)4-6-18-13-7-12(15)9-19-13/h2-3,5,7-9H,4,6H2,1H3. The summed E-state index contributed by atoms with van der Waals surface area (Å²) in [5, 5.41) is 12.7. The number of hydrogen-bond acceptors (Lipinski definition) is 4. The number of halogens is 1. The summed E-state index contributed by atoms with van der Waals surface area (Å²) < 4.78 is 5.61. The minimum absolute atomic E-state index is 0.468. The van der Waals surface area contributed by atoms with Gasteiger partial charge >= 0.3 is 0 Å². The Labute approximate surface area is 121 Å². The highest BCUT2D eigenvalue weighted by molar-refractivity contribution is 7.12. The van der Waals surface area contributed by atoms with Crippen molar-refractivity contribution in [3.8, 4) is 11.1 Å². The van der Waals surface area contributed by atoms with Crippen molar-refractivity contribution in [3.63, 3.8) is 0 Å². The summed E-state index contributed by atoms with van der Waals surface area (Å²) in [6, 6.07) is 7.87. The zero-order chi connectivity index (χ0) is 13.7. The molecular formula is C14H13ClN2OS. The SMILES string of the molecule is CC(C#N)(CCOc1cc(Cl)cs1)c1cccnc1. The molecule has 0 spiro atoms. The number of nitriles is 1. The molecule has 2 rings (SSSR count).